The Balaban J connectivity index is 1.63. The summed E-state index contributed by atoms with van der Waals surface area (Å²) in [6.07, 6.45) is -1.49. The van der Waals surface area contributed by atoms with Crippen LogP contribution in [0.1, 0.15) is 5.56 Å². The number of nitrogens with zero attached hydrogens (tertiary/aromatic N) is 2. The number of aromatic nitrogens is 2. The zero-order valence-corrected chi connectivity index (χ0v) is 18.6. The van der Waals surface area contributed by atoms with E-state index in [1.54, 1.807) is 42.6 Å². The van der Waals surface area contributed by atoms with Crippen molar-refractivity contribution in [1.82, 2.24) is 9.78 Å². The Labute approximate surface area is 198 Å². The van der Waals surface area contributed by atoms with E-state index in [-0.39, 0.29) is 16.3 Å². The molecule has 4 aromatic rings. The van der Waals surface area contributed by atoms with Crippen LogP contribution in [0.5, 0.6) is 0 Å². The van der Waals surface area contributed by atoms with Crippen LogP contribution in [0.4, 0.5) is 35.0 Å². The maximum absolute atomic E-state index is 13.0. The number of rotatable bonds is 6. The highest BCUT2D eigenvalue weighted by atomic mass is 32.2. The zero-order chi connectivity index (χ0) is 25.1. The molecule has 0 saturated carbocycles. The van der Waals surface area contributed by atoms with E-state index in [0.717, 1.165) is 18.2 Å². The molecule has 0 bridgehead atoms. The van der Waals surface area contributed by atoms with Crippen molar-refractivity contribution in [3.63, 3.8) is 0 Å². The van der Waals surface area contributed by atoms with E-state index in [4.69, 9.17) is 0 Å². The van der Waals surface area contributed by atoms with Gasteiger partial charge in [-0.05, 0) is 54.6 Å². The molecule has 4 rings (SSSR count). The first-order chi connectivity index (χ1) is 16.6. The number of sulfonamides is 1. The van der Waals surface area contributed by atoms with Crippen LogP contribution in [0, 0.1) is 0 Å². The molecular weight excluding hydrogens is 483 g/mol. The molecule has 0 unspecified atom stereocenters. The maximum Gasteiger partial charge on any atom is 0.416 e. The number of para-hydroxylation sites is 1. The molecule has 3 aromatic carbocycles. The van der Waals surface area contributed by atoms with Crippen molar-refractivity contribution in [2.24, 2.45) is 0 Å². The molecule has 35 heavy (non-hydrogen) atoms. The molecule has 0 aliphatic carbocycles. The summed E-state index contributed by atoms with van der Waals surface area (Å²) in [4.78, 5) is 12.5. The summed E-state index contributed by atoms with van der Waals surface area (Å²) in [5.74, 6) is 0. The first-order valence-corrected chi connectivity index (χ1v) is 11.6. The lowest BCUT2D eigenvalue weighted by Crippen LogP contribution is -2.21. The summed E-state index contributed by atoms with van der Waals surface area (Å²) < 4.78 is 68.6. The van der Waals surface area contributed by atoms with Crippen molar-refractivity contribution in [2.45, 2.75) is 11.1 Å². The standard InChI is InChI=1S/C23H18F3N5O3S/c24-23(25,26)16-6-4-9-18(14-16)28-22(32)29-20-15-19(10-11-21(20)31-13-5-12-27-31)35(33,34)30-17-7-2-1-3-8-17/h1-15,30H,(H2,28,29,32). The third-order valence-corrected chi connectivity index (χ3v) is 6.13. The highest BCUT2D eigenvalue weighted by Gasteiger charge is 2.30. The number of benzene rings is 3. The van der Waals surface area contributed by atoms with Gasteiger partial charge in [0, 0.05) is 23.8 Å². The number of hydrogen-bond acceptors (Lipinski definition) is 4. The van der Waals surface area contributed by atoms with Crippen LogP contribution >= 0.6 is 0 Å². The van der Waals surface area contributed by atoms with Crippen molar-refractivity contribution < 1.29 is 26.4 Å². The summed E-state index contributed by atoms with van der Waals surface area (Å²) in [6, 6.07) is 17.2. The van der Waals surface area contributed by atoms with E-state index in [1.807, 2.05) is 0 Å². The van der Waals surface area contributed by atoms with Crippen molar-refractivity contribution in [3.8, 4) is 5.69 Å². The molecule has 0 atom stereocenters. The topological polar surface area (TPSA) is 105 Å². The Morgan fingerprint density at radius 3 is 2.29 bits per heavy atom. The first-order valence-electron chi connectivity index (χ1n) is 10.1. The Bertz CT molecular complexity index is 1440. The van der Waals surface area contributed by atoms with Crippen LogP contribution < -0.4 is 15.4 Å². The fourth-order valence-electron chi connectivity index (χ4n) is 3.17. The summed E-state index contributed by atoms with van der Waals surface area (Å²) in [6.45, 7) is 0. The van der Waals surface area contributed by atoms with E-state index in [9.17, 15) is 26.4 Å². The molecule has 0 aliphatic heterocycles. The van der Waals surface area contributed by atoms with Crippen LogP contribution in [0.3, 0.4) is 0 Å². The number of carbonyl (C=O) groups excluding carboxylic acids is 1. The number of alkyl halides is 3. The Morgan fingerprint density at radius 1 is 0.857 bits per heavy atom. The quantitative estimate of drug-likeness (QED) is 0.332. The van der Waals surface area contributed by atoms with Crippen LogP contribution in [-0.2, 0) is 16.2 Å². The normalized spacial score (nSPS) is 11.6. The van der Waals surface area contributed by atoms with E-state index in [0.29, 0.717) is 11.4 Å². The highest BCUT2D eigenvalue weighted by Crippen LogP contribution is 2.31. The fraction of sp³-hybridized carbons (Fsp3) is 0.0435. The van der Waals surface area contributed by atoms with E-state index >= 15 is 0 Å². The van der Waals surface area contributed by atoms with Crippen LogP contribution in [0.25, 0.3) is 5.69 Å². The molecule has 3 N–H and O–H groups in total. The van der Waals surface area contributed by atoms with Crippen LogP contribution in [0.15, 0.2) is 96.2 Å². The van der Waals surface area contributed by atoms with Crippen LogP contribution in [0.2, 0.25) is 0 Å². The monoisotopic (exact) mass is 501 g/mol. The van der Waals surface area contributed by atoms with Gasteiger partial charge in [0.25, 0.3) is 10.0 Å². The number of urea groups is 1. The van der Waals surface area contributed by atoms with Gasteiger partial charge in [-0.2, -0.15) is 18.3 Å². The van der Waals surface area contributed by atoms with Gasteiger partial charge in [0.2, 0.25) is 0 Å². The molecule has 0 fully saturated rings. The SMILES string of the molecule is O=C(Nc1cccc(C(F)(F)F)c1)Nc1cc(S(=O)(=O)Nc2ccccc2)ccc1-n1cccn1. The van der Waals surface area contributed by atoms with Gasteiger partial charge in [0.1, 0.15) is 0 Å². The molecule has 0 aliphatic rings. The Kier molecular flexibility index (Phi) is 6.47. The van der Waals surface area contributed by atoms with Crippen molar-refractivity contribution in [3.05, 3.63) is 96.8 Å². The number of anilines is 3. The average molecular weight is 501 g/mol. The molecule has 0 radical (unpaired) electrons. The molecule has 12 heteroatoms. The molecule has 0 spiro atoms. The minimum Gasteiger partial charge on any atom is -0.308 e. The molecular formula is C23H18F3N5O3S. The van der Waals surface area contributed by atoms with Crippen LogP contribution in [-0.4, -0.2) is 24.2 Å². The lowest BCUT2D eigenvalue weighted by Gasteiger charge is -2.15. The first kappa shape index (κ1) is 23.8. The second-order valence-electron chi connectivity index (χ2n) is 7.26. The van der Waals surface area contributed by atoms with Gasteiger partial charge in [-0.1, -0.05) is 24.3 Å². The lowest BCUT2D eigenvalue weighted by molar-refractivity contribution is -0.137. The molecule has 180 valence electrons. The molecule has 1 heterocycles. The molecule has 8 nitrogen and oxygen atoms in total. The third kappa shape index (κ3) is 5.79. The van der Waals surface area contributed by atoms with Gasteiger partial charge in [0.05, 0.1) is 21.8 Å². The van der Waals surface area contributed by atoms with Gasteiger partial charge >= 0.3 is 12.2 Å². The minimum absolute atomic E-state index is 0.0640. The smallest absolute Gasteiger partial charge is 0.308 e. The Hall–Kier alpha value is -4.32. The zero-order valence-electron chi connectivity index (χ0n) is 17.8. The van der Waals surface area contributed by atoms with E-state index in [1.165, 1.54) is 35.1 Å². The highest BCUT2D eigenvalue weighted by molar-refractivity contribution is 7.92. The van der Waals surface area contributed by atoms with Gasteiger partial charge in [-0.15, -0.1) is 0 Å². The summed E-state index contributed by atoms with van der Waals surface area (Å²) >= 11 is 0. The number of carbonyl (C=O) groups is 1. The second-order valence-corrected chi connectivity index (χ2v) is 8.94. The van der Waals surface area contributed by atoms with Gasteiger partial charge < -0.3 is 10.6 Å². The summed E-state index contributed by atoms with van der Waals surface area (Å²) in [7, 11) is -4.01. The minimum atomic E-state index is -4.57. The molecule has 0 saturated heterocycles. The van der Waals surface area contributed by atoms with Gasteiger partial charge in [-0.3, -0.25) is 4.72 Å². The fourth-order valence-corrected chi connectivity index (χ4v) is 4.26. The summed E-state index contributed by atoms with van der Waals surface area (Å²) in [5, 5.41) is 8.92. The van der Waals surface area contributed by atoms with Crippen molar-refractivity contribution in [2.75, 3.05) is 15.4 Å². The van der Waals surface area contributed by atoms with Crippen molar-refractivity contribution >= 4 is 33.1 Å². The maximum atomic E-state index is 13.0. The predicted molar refractivity (Wildman–Crippen MR) is 125 cm³/mol. The van der Waals surface area contributed by atoms with Gasteiger partial charge in [0.15, 0.2) is 0 Å². The molecule has 1 aromatic heterocycles. The lowest BCUT2D eigenvalue weighted by atomic mass is 10.2. The Morgan fingerprint density at radius 2 is 1.60 bits per heavy atom. The number of halogens is 3. The van der Waals surface area contributed by atoms with E-state index < -0.39 is 27.8 Å². The summed E-state index contributed by atoms with van der Waals surface area (Å²) in [5.41, 5.74) is -0.262. The number of nitrogens with one attached hydrogen (secondary N) is 3. The number of amides is 2. The second kappa shape index (κ2) is 9.50. The van der Waals surface area contributed by atoms with Crippen molar-refractivity contribution in [1.29, 1.82) is 0 Å². The third-order valence-electron chi connectivity index (χ3n) is 4.75. The largest absolute Gasteiger partial charge is 0.416 e. The average Bonchev–Trinajstić information content (AvgIpc) is 3.34. The van der Waals surface area contributed by atoms with Gasteiger partial charge in [-0.25, -0.2) is 17.9 Å². The van der Waals surface area contributed by atoms with E-state index in [2.05, 4.69) is 20.5 Å². The molecule has 2 amide bonds. The number of hydrogen-bond donors (Lipinski definition) is 3. The predicted octanol–water partition coefficient (Wildman–Crippen LogP) is 5.34.